The van der Waals surface area contributed by atoms with E-state index in [9.17, 15) is 4.79 Å². The molecular weight excluding hydrogens is 274 g/mol. The van der Waals surface area contributed by atoms with Gasteiger partial charge in [-0.15, -0.1) is 0 Å². The molecule has 1 amide bonds. The molecule has 1 aliphatic rings. The summed E-state index contributed by atoms with van der Waals surface area (Å²) in [6.07, 6.45) is 2.89. The van der Waals surface area contributed by atoms with Crippen LogP contribution in [0.3, 0.4) is 0 Å². The maximum absolute atomic E-state index is 12.0. The van der Waals surface area contributed by atoms with E-state index in [2.05, 4.69) is 60.7 Å². The highest BCUT2D eigenvalue weighted by Crippen LogP contribution is 2.11. The molecule has 0 aromatic heterocycles. The smallest absolute Gasteiger partial charge is 0.221 e. The van der Waals surface area contributed by atoms with E-state index in [1.165, 1.54) is 17.5 Å². The first kappa shape index (κ1) is 17.0. The lowest BCUT2D eigenvalue weighted by molar-refractivity contribution is -0.121. The number of carbonyl (C=O) groups is 1. The summed E-state index contributed by atoms with van der Waals surface area (Å²) >= 11 is 0. The number of hydrogen-bond donors (Lipinski definition) is 2. The highest BCUT2D eigenvalue weighted by molar-refractivity contribution is 5.76. The zero-order chi connectivity index (χ0) is 15.9. The number of nitrogens with zero attached hydrogens (tertiary/aromatic N) is 1. The van der Waals surface area contributed by atoms with Crippen molar-refractivity contribution >= 4 is 5.91 Å². The molecular formula is C18H29N3O. The highest BCUT2D eigenvalue weighted by atomic mass is 16.1. The van der Waals surface area contributed by atoms with Gasteiger partial charge in [0.15, 0.2) is 0 Å². The Morgan fingerprint density at radius 1 is 1.41 bits per heavy atom. The van der Waals surface area contributed by atoms with E-state index in [0.29, 0.717) is 25.0 Å². The molecule has 0 radical (unpaired) electrons. The summed E-state index contributed by atoms with van der Waals surface area (Å²) in [7, 11) is 2.13. The van der Waals surface area contributed by atoms with Crippen molar-refractivity contribution in [3.63, 3.8) is 0 Å². The molecule has 1 aromatic carbocycles. The fourth-order valence-electron chi connectivity index (χ4n) is 2.74. The molecule has 1 fully saturated rings. The minimum absolute atomic E-state index is 0.143. The summed E-state index contributed by atoms with van der Waals surface area (Å²) in [5, 5.41) is 6.40. The predicted molar refractivity (Wildman–Crippen MR) is 90.5 cm³/mol. The van der Waals surface area contributed by atoms with Crippen LogP contribution in [-0.2, 0) is 17.9 Å². The third-order valence-corrected chi connectivity index (χ3v) is 4.39. The normalized spacial score (nSPS) is 18.1. The first-order valence-corrected chi connectivity index (χ1v) is 8.32. The molecule has 0 aliphatic carbocycles. The zero-order valence-electron chi connectivity index (χ0n) is 14.1. The molecule has 0 bridgehead atoms. The van der Waals surface area contributed by atoms with Crippen LogP contribution in [-0.4, -0.2) is 36.5 Å². The van der Waals surface area contributed by atoms with Crippen molar-refractivity contribution in [2.45, 2.75) is 58.3 Å². The quantitative estimate of drug-likeness (QED) is 0.812. The lowest BCUT2D eigenvalue weighted by Crippen LogP contribution is -2.31. The van der Waals surface area contributed by atoms with Crippen LogP contribution in [0.15, 0.2) is 24.3 Å². The first-order valence-electron chi connectivity index (χ1n) is 8.32. The lowest BCUT2D eigenvalue weighted by atomic mass is 10.1. The third kappa shape index (κ3) is 5.43. The van der Waals surface area contributed by atoms with Crippen molar-refractivity contribution in [1.82, 2.24) is 15.5 Å². The molecule has 1 aliphatic heterocycles. The predicted octanol–water partition coefficient (Wildman–Crippen LogP) is 2.29. The molecule has 0 saturated carbocycles. The van der Waals surface area contributed by atoms with E-state index in [0.717, 1.165) is 19.5 Å². The molecule has 4 heteroatoms. The van der Waals surface area contributed by atoms with Crippen molar-refractivity contribution in [3.05, 3.63) is 35.4 Å². The van der Waals surface area contributed by atoms with Gasteiger partial charge in [-0.05, 0) is 51.4 Å². The van der Waals surface area contributed by atoms with Gasteiger partial charge in [-0.3, -0.25) is 9.69 Å². The maximum atomic E-state index is 12.0. The molecule has 1 aromatic rings. The second-order valence-electron chi connectivity index (χ2n) is 6.60. The molecule has 4 nitrogen and oxygen atoms in total. The van der Waals surface area contributed by atoms with E-state index in [1.807, 2.05) is 0 Å². The SMILES string of the molecule is CC(C)N(C)Cc1cccc(CNC(=O)CC2CCCN2)c1. The molecule has 1 heterocycles. The van der Waals surface area contributed by atoms with Crippen molar-refractivity contribution < 1.29 is 4.79 Å². The van der Waals surface area contributed by atoms with Gasteiger partial charge in [-0.2, -0.15) is 0 Å². The summed E-state index contributed by atoms with van der Waals surface area (Å²) in [6.45, 7) is 6.99. The first-order chi connectivity index (χ1) is 10.5. The fraction of sp³-hybridized carbons (Fsp3) is 0.611. The van der Waals surface area contributed by atoms with Crippen LogP contribution >= 0.6 is 0 Å². The average Bonchev–Trinajstić information content (AvgIpc) is 2.98. The lowest BCUT2D eigenvalue weighted by Gasteiger charge is -2.21. The zero-order valence-corrected chi connectivity index (χ0v) is 14.1. The van der Waals surface area contributed by atoms with Crippen LogP contribution in [0.4, 0.5) is 0 Å². The Balaban J connectivity index is 1.80. The van der Waals surface area contributed by atoms with Crippen LogP contribution in [0.5, 0.6) is 0 Å². The van der Waals surface area contributed by atoms with Gasteiger partial charge in [0.1, 0.15) is 0 Å². The van der Waals surface area contributed by atoms with Gasteiger partial charge < -0.3 is 10.6 Å². The minimum Gasteiger partial charge on any atom is -0.352 e. The number of amides is 1. The summed E-state index contributed by atoms with van der Waals surface area (Å²) in [4.78, 5) is 14.3. The second-order valence-corrected chi connectivity index (χ2v) is 6.60. The molecule has 1 unspecified atom stereocenters. The summed E-state index contributed by atoms with van der Waals surface area (Å²) < 4.78 is 0. The van der Waals surface area contributed by atoms with Gasteiger partial charge in [0.2, 0.25) is 5.91 Å². The molecule has 1 atom stereocenters. The highest BCUT2D eigenvalue weighted by Gasteiger charge is 2.17. The molecule has 2 rings (SSSR count). The van der Waals surface area contributed by atoms with Crippen molar-refractivity contribution in [1.29, 1.82) is 0 Å². The van der Waals surface area contributed by atoms with Crippen molar-refractivity contribution in [2.75, 3.05) is 13.6 Å². The monoisotopic (exact) mass is 303 g/mol. The van der Waals surface area contributed by atoms with Gasteiger partial charge in [0.25, 0.3) is 0 Å². The van der Waals surface area contributed by atoms with Crippen LogP contribution in [0.2, 0.25) is 0 Å². The fourth-order valence-corrected chi connectivity index (χ4v) is 2.74. The third-order valence-electron chi connectivity index (χ3n) is 4.39. The van der Waals surface area contributed by atoms with Crippen LogP contribution in [0.1, 0.15) is 44.2 Å². The number of benzene rings is 1. The standard InChI is InChI=1S/C18H29N3O/c1-14(2)21(3)13-16-7-4-6-15(10-16)12-20-18(22)11-17-8-5-9-19-17/h4,6-7,10,14,17,19H,5,8-9,11-13H2,1-3H3,(H,20,22). The van der Waals surface area contributed by atoms with Gasteiger partial charge in [-0.1, -0.05) is 24.3 Å². The van der Waals surface area contributed by atoms with Gasteiger partial charge in [0, 0.05) is 31.6 Å². The van der Waals surface area contributed by atoms with Gasteiger partial charge >= 0.3 is 0 Å². The second kappa shape index (κ2) is 8.30. The van der Waals surface area contributed by atoms with E-state index in [1.54, 1.807) is 0 Å². The Hall–Kier alpha value is -1.39. The van der Waals surface area contributed by atoms with Crippen LogP contribution < -0.4 is 10.6 Å². The van der Waals surface area contributed by atoms with Crippen molar-refractivity contribution in [3.8, 4) is 0 Å². The molecule has 2 N–H and O–H groups in total. The maximum Gasteiger partial charge on any atom is 0.221 e. The number of rotatable bonds is 7. The molecule has 122 valence electrons. The summed E-state index contributed by atoms with van der Waals surface area (Å²) in [6, 6.07) is 9.38. The van der Waals surface area contributed by atoms with E-state index >= 15 is 0 Å². The Morgan fingerprint density at radius 2 is 2.18 bits per heavy atom. The number of hydrogen-bond acceptors (Lipinski definition) is 3. The van der Waals surface area contributed by atoms with Crippen molar-refractivity contribution in [2.24, 2.45) is 0 Å². The Kier molecular flexibility index (Phi) is 6.40. The average molecular weight is 303 g/mol. The van der Waals surface area contributed by atoms with Crippen LogP contribution in [0.25, 0.3) is 0 Å². The van der Waals surface area contributed by atoms with Gasteiger partial charge in [0.05, 0.1) is 0 Å². The van der Waals surface area contributed by atoms with E-state index < -0.39 is 0 Å². The van der Waals surface area contributed by atoms with Crippen LogP contribution in [0, 0.1) is 0 Å². The summed E-state index contributed by atoms with van der Waals surface area (Å²) in [5.74, 6) is 0.143. The molecule has 0 spiro atoms. The minimum atomic E-state index is 0.143. The van der Waals surface area contributed by atoms with E-state index in [-0.39, 0.29) is 5.91 Å². The largest absolute Gasteiger partial charge is 0.352 e. The molecule has 1 saturated heterocycles. The Morgan fingerprint density at radius 3 is 2.86 bits per heavy atom. The number of carbonyl (C=O) groups excluding carboxylic acids is 1. The topological polar surface area (TPSA) is 44.4 Å². The summed E-state index contributed by atoms with van der Waals surface area (Å²) in [5.41, 5.74) is 2.46. The Labute approximate surface area is 134 Å². The Bertz CT molecular complexity index is 481. The molecule has 22 heavy (non-hydrogen) atoms. The van der Waals surface area contributed by atoms with E-state index in [4.69, 9.17) is 0 Å². The van der Waals surface area contributed by atoms with Gasteiger partial charge in [-0.25, -0.2) is 0 Å². The number of nitrogens with one attached hydrogen (secondary N) is 2.